The van der Waals surface area contributed by atoms with Gasteiger partial charge in [-0.05, 0) is 16.0 Å². The van der Waals surface area contributed by atoms with Crippen LogP contribution in [0.15, 0.2) is 29.0 Å². The molecule has 0 bridgehead atoms. The van der Waals surface area contributed by atoms with E-state index in [9.17, 15) is 24.3 Å². The molecular formula is C17H15Cl2N7O5S2. The summed E-state index contributed by atoms with van der Waals surface area (Å²) in [6, 6.07) is -1.06. The molecule has 1 saturated heterocycles. The van der Waals surface area contributed by atoms with Gasteiger partial charge in [0.05, 0.1) is 5.25 Å². The minimum Gasteiger partial charge on any atom is -0.480 e. The van der Waals surface area contributed by atoms with Crippen LogP contribution < -0.4 is 10.4 Å². The quantitative estimate of drug-likeness (QED) is 0.415. The lowest BCUT2D eigenvalue weighted by Gasteiger charge is -2.52. The first-order valence-corrected chi connectivity index (χ1v) is 11.4. The minimum absolute atomic E-state index is 0.241. The smallest absolute Gasteiger partial charge is 0.321 e. The molecule has 0 aromatic carbocycles. The van der Waals surface area contributed by atoms with Crippen LogP contribution in [0.3, 0.4) is 0 Å². The molecule has 0 saturated carbocycles. The van der Waals surface area contributed by atoms with Crippen molar-refractivity contribution >= 4 is 65.4 Å². The molecule has 2 aromatic rings. The van der Waals surface area contributed by atoms with Crippen molar-refractivity contribution < 1.29 is 19.5 Å². The molecule has 0 radical (unpaired) electrons. The van der Waals surface area contributed by atoms with Gasteiger partial charge in [0.25, 0.3) is 5.91 Å². The topological polar surface area (TPSA) is 144 Å². The van der Waals surface area contributed by atoms with Gasteiger partial charge in [0, 0.05) is 32.6 Å². The second-order valence-electron chi connectivity index (χ2n) is 7.15. The van der Waals surface area contributed by atoms with Gasteiger partial charge < -0.3 is 10.0 Å². The number of aromatic nitrogens is 5. The van der Waals surface area contributed by atoms with Crippen molar-refractivity contribution in [1.29, 1.82) is 0 Å². The van der Waals surface area contributed by atoms with Crippen molar-refractivity contribution in [3.05, 3.63) is 50.3 Å². The minimum atomic E-state index is -1.15. The molecule has 3 unspecified atom stereocenters. The highest BCUT2D eigenvalue weighted by Crippen LogP contribution is 2.46. The standard InChI is InChI=1S/C17H15Cl2N7O5S2/c1-6(27)26(24-4-8(18)11(28)9(19)5-24)10-15(29)25-3-7(13(17(30)31)33-16(10)25)12(32)14-20-21-22-23(14)2/h3-5,10,12-13,16,32H,1-2H3,(H,30,31)/t10?,12?,13?,16-/m1/s1. The molecule has 4 atom stereocenters. The van der Waals surface area contributed by atoms with E-state index >= 15 is 0 Å². The Hall–Kier alpha value is -2.55. The van der Waals surface area contributed by atoms with Crippen molar-refractivity contribution in [3.63, 3.8) is 0 Å². The zero-order valence-electron chi connectivity index (χ0n) is 16.9. The lowest BCUT2D eigenvalue weighted by molar-refractivity contribution is -0.144. The number of fused-ring (bicyclic) bond motifs is 1. The van der Waals surface area contributed by atoms with E-state index in [0.29, 0.717) is 11.4 Å². The van der Waals surface area contributed by atoms with Gasteiger partial charge in [0.15, 0.2) is 11.9 Å². The lowest BCUT2D eigenvalue weighted by Crippen LogP contribution is -2.72. The number of carboxylic acid groups (broad SMARTS) is 1. The summed E-state index contributed by atoms with van der Waals surface area (Å²) in [5.74, 6) is -1.85. The predicted molar refractivity (Wildman–Crippen MR) is 122 cm³/mol. The summed E-state index contributed by atoms with van der Waals surface area (Å²) in [6.07, 6.45) is 3.75. The van der Waals surface area contributed by atoms with Gasteiger partial charge >= 0.3 is 5.97 Å². The number of aliphatic carboxylic acids is 1. The Balaban J connectivity index is 1.72. The number of thiol groups is 1. The number of nitrogens with zero attached hydrogens (tertiary/aromatic N) is 7. The Morgan fingerprint density at radius 1 is 1.27 bits per heavy atom. The molecule has 2 aliphatic rings. The van der Waals surface area contributed by atoms with E-state index < -0.39 is 45.1 Å². The van der Waals surface area contributed by atoms with E-state index in [2.05, 4.69) is 28.2 Å². The van der Waals surface area contributed by atoms with Crippen molar-refractivity contribution in [2.75, 3.05) is 5.01 Å². The number of hydrogen-bond acceptors (Lipinski definition) is 9. The second kappa shape index (κ2) is 8.66. The van der Waals surface area contributed by atoms with Crippen molar-refractivity contribution in [2.45, 2.75) is 28.8 Å². The number of carbonyl (C=O) groups excluding carboxylic acids is 2. The Labute approximate surface area is 205 Å². The number of tetrazole rings is 1. The summed E-state index contributed by atoms with van der Waals surface area (Å²) in [6.45, 7) is 1.23. The molecule has 4 heterocycles. The largest absolute Gasteiger partial charge is 0.480 e. The number of β-lactam (4-membered cyclic amide) rings is 1. The average molecular weight is 532 g/mol. The van der Waals surface area contributed by atoms with E-state index in [1.807, 2.05) is 0 Å². The fraction of sp³-hybridized carbons (Fsp3) is 0.353. The maximum atomic E-state index is 13.1. The van der Waals surface area contributed by atoms with Crippen LogP contribution in [-0.4, -0.2) is 69.3 Å². The molecule has 2 amide bonds. The highest BCUT2D eigenvalue weighted by atomic mass is 35.5. The Morgan fingerprint density at radius 3 is 2.42 bits per heavy atom. The first kappa shape index (κ1) is 23.6. The number of pyridine rings is 1. The highest BCUT2D eigenvalue weighted by Gasteiger charge is 2.56. The molecule has 174 valence electrons. The van der Waals surface area contributed by atoms with Crippen LogP contribution in [0.25, 0.3) is 0 Å². The average Bonchev–Trinajstić information content (AvgIpc) is 3.19. The fourth-order valence-corrected chi connectivity index (χ4v) is 5.99. The number of thioether (sulfide) groups is 1. The molecule has 0 spiro atoms. The maximum absolute atomic E-state index is 13.1. The van der Waals surface area contributed by atoms with Crippen LogP contribution in [0, 0.1) is 0 Å². The fourth-order valence-electron chi connectivity index (χ4n) is 3.58. The van der Waals surface area contributed by atoms with Gasteiger partial charge in [-0.25, -0.2) is 9.69 Å². The van der Waals surface area contributed by atoms with Crippen LogP contribution in [0.2, 0.25) is 10.0 Å². The molecule has 2 aromatic heterocycles. The SMILES string of the molecule is CC(=O)N(C1C(=O)N2C=C(C(S)c3nnnn3C)C(C(=O)O)S[C@H]12)n1cc(Cl)c(=O)c(Cl)c1. The Kier molecular flexibility index (Phi) is 6.20. The highest BCUT2D eigenvalue weighted by molar-refractivity contribution is 8.01. The van der Waals surface area contributed by atoms with Crippen LogP contribution in [0.4, 0.5) is 0 Å². The van der Waals surface area contributed by atoms with E-state index in [-0.39, 0.29) is 10.0 Å². The summed E-state index contributed by atoms with van der Waals surface area (Å²) in [5.41, 5.74) is -0.316. The predicted octanol–water partition coefficient (Wildman–Crippen LogP) is 0.455. The van der Waals surface area contributed by atoms with Crippen molar-refractivity contribution in [3.8, 4) is 0 Å². The normalized spacial score (nSPS) is 22.8. The molecule has 4 rings (SSSR count). The van der Waals surface area contributed by atoms with E-state index in [4.69, 9.17) is 23.2 Å². The first-order valence-electron chi connectivity index (χ1n) is 9.22. The second-order valence-corrected chi connectivity index (χ2v) is 9.71. The van der Waals surface area contributed by atoms with Crippen LogP contribution in [0.1, 0.15) is 18.0 Å². The first-order chi connectivity index (χ1) is 15.5. The molecule has 0 aliphatic carbocycles. The summed E-state index contributed by atoms with van der Waals surface area (Å²) < 4.78 is 2.52. The summed E-state index contributed by atoms with van der Waals surface area (Å²) in [5, 5.41) is 19.0. The Bertz CT molecular complexity index is 1240. The molecule has 1 N–H and O–H groups in total. The Morgan fingerprint density at radius 2 is 1.91 bits per heavy atom. The van der Waals surface area contributed by atoms with Crippen molar-refractivity contribution in [1.82, 2.24) is 29.8 Å². The number of amides is 2. The monoisotopic (exact) mass is 531 g/mol. The van der Waals surface area contributed by atoms with E-state index in [0.717, 1.165) is 21.4 Å². The molecule has 2 aliphatic heterocycles. The van der Waals surface area contributed by atoms with Crippen LogP contribution >= 0.6 is 47.6 Å². The van der Waals surface area contributed by atoms with Crippen LogP contribution in [0.5, 0.6) is 0 Å². The lowest BCUT2D eigenvalue weighted by atomic mass is 10.0. The van der Waals surface area contributed by atoms with Gasteiger partial charge in [-0.15, -0.1) is 16.9 Å². The molecular weight excluding hydrogens is 517 g/mol. The number of rotatable bonds is 5. The third-order valence-corrected chi connectivity index (χ3v) is 7.69. The summed E-state index contributed by atoms with van der Waals surface area (Å²) in [4.78, 5) is 50.8. The van der Waals surface area contributed by atoms with Gasteiger partial charge in [-0.1, -0.05) is 23.2 Å². The third kappa shape index (κ3) is 3.90. The number of aryl methyl sites for hydroxylation is 1. The third-order valence-electron chi connectivity index (χ3n) is 5.12. The molecule has 33 heavy (non-hydrogen) atoms. The molecule has 12 nitrogen and oxygen atoms in total. The zero-order valence-corrected chi connectivity index (χ0v) is 20.1. The number of carboxylic acids is 1. The van der Waals surface area contributed by atoms with Crippen molar-refractivity contribution in [2.24, 2.45) is 7.05 Å². The zero-order chi connectivity index (χ0) is 24.2. The van der Waals surface area contributed by atoms with E-state index in [1.54, 1.807) is 7.05 Å². The van der Waals surface area contributed by atoms with Gasteiger partial charge in [-0.3, -0.25) is 23.9 Å². The summed E-state index contributed by atoms with van der Waals surface area (Å²) >= 11 is 17.3. The number of hydrogen-bond donors (Lipinski definition) is 2. The maximum Gasteiger partial charge on any atom is 0.321 e. The molecule has 16 heteroatoms. The number of carbonyl (C=O) groups is 3. The summed E-state index contributed by atoms with van der Waals surface area (Å²) in [7, 11) is 1.59. The van der Waals surface area contributed by atoms with Gasteiger partial charge in [0.1, 0.15) is 20.7 Å². The van der Waals surface area contributed by atoms with Gasteiger partial charge in [-0.2, -0.15) is 12.6 Å². The number of halogens is 2. The molecule has 1 fully saturated rings. The van der Waals surface area contributed by atoms with Gasteiger partial charge in [0.2, 0.25) is 11.3 Å². The van der Waals surface area contributed by atoms with E-state index in [1.165, 1.54) is 35.1 Å². The van der Waals surface area contributed by atoms with Crippen LogP contribution in [-0.2, 0) is 21.4 Å².